The van der Waals surface area contributed by atoms with Gasteiger partial charge in [-0.2, -0.15) is 5.10 Å². The van der Waals surface area contributed by atoms with E-state index in [2.05, 4.69) is 20.7 Å². The number of aryl methyl sites for hydroxylation is 1. The van der Waals surface area contributed by atoms with Gasteiger partial charge in [-0.3, -0.25) is 15.2 Å². The fourth-order valence-electron chi connectivity index (χ4n) is 2.56. The van der Waals surface area contributed by atoms with Crippen LogP contribution in [0.3, 0.4) is 0 Å². The molecule has 0 aliphatic heterocycles. The third-order valence-corrected chi connectivity index (χ3v) is 3.69. The van der Waals surface area contributed by atoms with E-state index in [0.717, 1.165) is 40.7 Å². The number of anilines is 1. The molecule has 0 unspecified atom stereocenters. The summed E-state index contributed by atoms with van der Waals surface area (Å²) in [7, 11) is 0. The van der Waals surface area contributed by atoms with E-state index >= 15 is 0 Å². The topological polar surface area (TPSA) is 83.8 Å². The summed E-state index contributed by atoms with van der Waals surface area (Å²) in [4.78, 5) is 12.2. The average Bonchev–Trinajstić information content (AvgIpc) is 3.11. The maximum atomic E-state index is 12.2. The summed E-state index contributed by atoms with van der Waals surface area (Å²) >= 11 is 0. The van der Waals surface area contributed by atoms with E-state index in [0.29, 0.717) is 5.88 Å². The second-order valence-corrected chi connectivity index (χ2v) is 5.09. The molecule has 0 aliphatic rings. The molecule has 1 aromatic carbocycles. The minimum Gasteiger partial charge on any atom is -0.338 e. The Hall–Kier alpha value is -2.63. The Morgan fingerprint density at radius 1 is 1.27 bits per heavy atom. The molecule has 114 valence electrons. The monoisotopic (exact) mass is 298 g/mol. The number of amides is 1. The number of benzene rings is 1. The molecule has 0 atom stereocenters. The summed E-state index contributed by atoms with van der Waals surface area (Å²) in [5, 5.41) is 14.9. The number of hydrogen-bond donors (Lipinski definition) is 2. The van der Waals surface area contributed by atoms with Crippen LogP contribution in [0.25, 0.3) is 10.9 Å². The van der Waals surface area contributed by atoms with Crippen molar-refractivity contribution in [3.8, 4) is 0 Å². The van der Waals surface area contributed by atoms with Crippen LogP contribution in [0.5, 0.6) is 0 Å². The fourth-order valence-corrected chi connectivity index (χ4v) is 2.56. The Labute approximate surface area is 127 Å². The minimum atomic E-state index is -0.150. The standard InChI is InChI=1S/C16H18N4O2/c1-3-10-12(4-2)20-22-16(10)17-15(21)9-14-11-7-5-6-8-13(11)18-19-14/h5-8H,3-4,9H2,1-2H3,(H,17,21)(H,18,19). The highest BCUT2D eigenvalue weighted by Crippen LogP contribution is 2.22. The van der Waals surface area contributed by atoms with Crippen LogP contribution in [0, 0.1) is 0 Å². The minimum absolute atomic E-state index is 0.150. The van der Waals surface area contributed by atoms with E-state index in [1.54, 1.807) is 0 Å². The van der Waals surface area contributed by atoms with Crippen molar-refractivity contribution >= 4 is 22.7 Å². The lowest BCUT2D eigenvalue weighted by molar-refractivity contribution is -0.115. The van der Waals surface area contributed by atoms with Gasteiger partial charge in [0.2, 0.25) is 11.8 Å². The zero-order valence-electron chi connectivity index (χ0n) is 12.6. The van der Waals surface area contributed by atoms with Crippen LogP contribution >= 0.6 is 0 Å². The molecule has 0 fully saturated rings. The molecule has 3 aromatic rings. The molecule has 6 heteroatoms. The summed E-state index contributed by atoms with van der Waals surface area (Å²) in [6.07, 6.45) is 1.77. The predicted molar refractivity (Wildman–Crippen MR) is 83.7 cm³/mol. The molecule has 0 spiro atoms. The largest absolute Gasteiger partial charge is 0.338 e. The predicted octanol–water partition coefficient (Wildman–Crippen LogP) is 2.86. The molecule has 0 saturated heterocycles. The van der Waals surface area contributed by atoms with Gasteiger partial charge in [0.25, 0.3) is 0 Å². The number of nitrogens with one attached hydrogen (secondary N) is 2. The Morgan fingerprint density at radius 2 is 2.09 bits per heavy atom. The van der Waals surface area contributed by atoms with Gasteiger partial charge >= 0.3 is 0 Å². The second kappa shape index (κ2) is 6.01. The van der Waals surface area contributed by atoms with Gasteiger partial charge in [-0.25, -0.2) is 0 Å². The summed E-state index contributed by atoms with van der Waals surface area (Å²) in [5.74, 6) is 0.302. The van der Waals surface area contributed by atoms with Crippen molar-refractivity contribution in [1.82, 2.24) is 15.4 Å². The van der Waals surface area contributed by atoms with Crippen molar-refractivity contribution in [2.45, 2.75) is 33.1 Å². The second-order valence-electron chi connectivity index (χ2n) is 5.09. The Bertz CT molecular complexity index is 803. The number of para-hydroxylation sites is 1. The first kappa shape index (κ1) is 14.3. The number of fused-ring (bicyclic) bond motifs is 1. The van der Waals surface area contributed by atoms with Crippen molar-refractivity contribution < 1.29 is 9.32 Å². The lowest BCUT2D eigenvalue weighted by Gasteiger charge is -2.03. The summed E-state index contributed by atoms with van der Waals surface area (Å²) in [6, 6.07) is 7.70. The first-order chi connectivity index (χ1) is 10.7. The van der Waals surface area contributed by atoms with Gasteiger partial charge in [0.05, 0.1) is 23.3 Å². The van der Waals surface area contributed by atoms with Gasteiger partial charge in [-0.15, -0.1) is 0 Å². The Kier molecular flexibility index (Phi) is 3.91. The number of carbonyl (C=O) groups is 1. The molecule has 2 aromatic heterocycles. The normalized spacial score (nSPS) is 11.0. The van der Waals surface area contributed by atoms with Crippen LogP contribution in [0.1, 0.15) is 30.8 Å². The molecule has 2 heterocycles. The molecule has 6 nitrogen and oxygen atoms in total. The van der Waals surface area contributed by atoms with Crippen LogP contribution in [-0.4, -0.2) is 21.3 Å². The third kappa shape index (κ3) is 2.59. The molecule has 22 heavy (non-hydrogen) atoms. The SMILES string of the molecule is CCc1noc(NC(=O)Cc2[nH]nc3ccccc23)c1CC. The van der Waals surface area contributed by atoms with E-state index in [9.17, 15) is 4.79 Å². The van der Waals surface area contributed by atoms with Crippen LogP contribution in [0.15, 0.2) is 28.8 Å². The number of H-pyrrole nitrogens is 1. The van der Waals surface area contributed by atoms with E-state index in [-0.39, 0.29) is 12.3 Å². The average molecular weight is 298 g/mol. The fraction of sp³-hybridized carbons (Fsp3) is 0.312. The van der Waals surface area contributed by atoms with E-state index in [1.165, 1.54) is 0 Å². The van der Waals surface area contributed by atoms with Crippen LogP contribution < -0.4 is 5.32 Å². The number of nitrogens with zero attached hydrogens (tertiary/aromatic N) is 2. The van der Waals surface area contributed by atoms with Gasteiger partial charge in [0.1, 0.15) is 0 Å². The number of carbonyl (C=O) groups excluding carboxylic acids is 1. The van der Waals surface area contributed by atoms with Crippen molar-refractivity contribution in [1.29, 1.82) is 0 Å². The molecule has 2 N–H and O–H groups in total. The number of hydrogen-bond acceptors (Lipinski definition) is 4. The number of rotatable bonds is 5. The quantitative estimate of drug-likeness (QED) is 0.758. The third-order valence-electron chi connectivity index (χ3n) is 3.69. The maximum Gasteiger partial charge on any atom is 0.234 e. The van der Waals surface area contributed by atoms with Crippen molar-refractivity contribution in [3.63, 3.8) is 0 Å². The first-order valence-electron chi connectivity index (χ1n) is 7.42. The van der Waals surface area contributed by atoms with Gasteiger partial charge in [-0.1, -0.05) is 37.2 Å². The number of aromatic nitrogens is 3. The maximum absolute atomic E-state index is 12.2. The van der Waals surface area contributed by atoms with Crippen LogP contribution in [0.4, 0.5) is 5.88 Å². The first-order valence-corrected chi connectivity index (χ1v) is 7.42. The van der Waals surface area contributed by atoms with Crippen LogP contribution in [0.2, 0.25) is 0 Å². The molecule has 3 rings (SSSR count). The Balaban J connectivity index is 1.77. The summed E-state index contributed by atoms with van der Waals surface area (Å²) < 4.78 is 5.25. The molecule has 1 amide bonds. The van der Waals surface area contributed by atoms with Gasteiger partial charge < -0.3 is 4.52 Å². The molecule has 0 radical (unpaired) electrons. The summed E-state index contributed by atoms with van der Waals surface area (Å²) in [5.41, 5.74) is 3.50. The molecule has 0 saturated carbocycles. The van der Waals surface area contributed by atoms with Gasteiger partial charge in [0.15, 0.2) is 0 Å². The highest BCUT2D eigenvalue weighted by Gasteiger charge is 2.17. The van der Waals surface area contributed by atoms with Gasteiger partial charge in [-0.05, 0) is 18.9 Å². The summed E-state index contributed by atoms with van der Waals surface area (Å²) in [6.45, 7) is 4.03. The number of aromatic amines is 1. The van der Waals surface area contributed by atoms with Crippen molar-refractivity contribution in [2.75, 3.05) is 5.32 Å². The van der Waals surface area contributed by atoms with E-state index in [4.69, 9.17) is 4.52 Å². The van der Waals surface area contributed by atoms with E-state index < -0.39 is 0 Å². The van der Waals surface area contributed by atoms with Crippen molar-refractivity contribution in [3.05, 3.63) is 41.2 Å². The Morgan fingerprint density at radius 3 is 2.86 bits per heavy atom. The lowest BCUT2D eigenvalue weighted by Crippen LogP contribution is -2.15. The zero-order valence-corrected chi connectivity index (χ0v) is 12.6. The molecule has 0 aliphatic carbocycles. The molecule has 0 bridgehead atoms. The highest BCUT2D eigenvalue weighted by molar-refractivity contribution is 5.94. The van der Waals surface area contributed by atoms with Crippen molar-refractivity contribution in [2.24, 2.45) is 0 Å². The van der Waals surface area contributed by atoms with Gasteiger partial charge in [0, 0.05) is 10.9 Å². The van der Waals surface area contributed by atoms with Crippen LogP contribution in [-0.2, 0) is 24.1 Å². The molecular formula is C16H18N4O2. The smallest absolute Gasteiger partial charge is 0.234 e. The zero-order chi connectivity index (χ0) is 15.5. The molecular weight excluding hydrogens is 280 g/mol. The van der Waals surface area contributed by atoms with E-state index in [1.807, 2.05) is 38.1 Å². The highest BCUT2D eigenvalue weighted by atomic mass is 16.5. The lowest BCUT2D eigenvalue weighted by atomic mass is 10.1.